The van der Waals surface area contributed by atoms with Crippen LogP contribution in [-0.4, -0.2) is 80.7 Å². The number of hydrogen-bond donors (Lipinski definition) is 1. The number of alkyl halides is 3. The maximum atomic E-state index is 12.9. The summed E-state index contributed by atoms with van der Waals surface area (Å²) in [6.45, 7) is 7.70. The SMILES string of the molecule is CC[C@H]1CN(c2ncc(-c3nnc(N)o3)nc2C)CCN1C1CCN(C(=O)c2ccc(C(F)(F)F)cc2)CC1. The third-order valence-corrected chi connectivity index (χ3v) is 7.56. The van der Waals surface area contributed by atoms with Crippen LogP contribution in [-0.2, 0) is 6.18 Å². The minimum atomic E-state index is -4.42. The van der Waals surface area contributed by atoms with E-state index in [2.05, 4.69) is 36.9 Å². The largest absolute Gasteiger partial charge is 0.416 e. The van der Waals surface area contributed by atoms with Gasteiger partial charge in [0.1, 0.15) is 11.5 Å². The highest BCUT2D eigenvalue weighted by Crippen LogP contribution is 2.30. The summed E-state index contributed by atoms with van der Waals surface area (Å²) in [5.41, 5.74) is 6.29. The Morgan fingerprint density at radius 1 is 1.10 bits per heavy atom. The standard InChI is InChI=1S/C26H31F3N8O2/c1-3-19-15-36(22-16(2)32-21(14-31-22)23-33-34-25(30)39-23)12-13-37(19)20-8-10-35(11-9-20)24(38)17-4-6-18(7-5-17)26(27,28)29/h4-7,14,19-20H,3,8-13,15H2,1-2H3,(H2,30,34)/t19-/m0/s1. The van der Waals surface area contributed by atoms with Crippen molar-refractivity contribution in [3.63, 3.8) is 0 Å². The van der Waals surface area contributed by atoms with Gasteiger partial charge in [-0.15, -0.1) is 5.10 Å². The Kier molecular flexibility index (Phi) is 7.43. The van der Waals surface area contributed by atoms with E-state index in [4.69, 9.17) is 10.2 Å². The van der Waals surface area contributed by atoms with Crippen LogP contribution in [0.4, 0.5) is 25.0 Å². The lowest BCUT2D eigenvalue weighted by molar-refractivity contribution is -0.137. The van der Waals surface area contributed by atoms with E-state index in [9.17, 15) is 18.0 Å². The van der Waals surface area contributed by atoms with Gasteiger partial charge in [-0.3, -0.25) is 9.69 Å². The molecule has 0 spiro atoms. The first kappa shape index (κ1) is 26.9. The van der Waals surface area contributed by atoms with E-state index in [1.54, 1.807) is 11.1 Å². The Morgan fingerprint density at radius 3 is 2.41 bits per heavy atom. The van der Waals surface area contributed by atoms with Crippen LogP contribution >= 0.6 is 0 Å². The van der Waals surface area contributed by atoms with Crippen molar-refractivity contribution in [2.24, 2.45) is 0 Å². The molecule has 1 aromatic carbocycles. The Balaban J connectivity index is 1.18. The summed E-state index contributed by atoms with van der Waals surface area (Å²) in [6, 6.07) is 5.09. The van der Waals surface area contributed by atoms with Gasteiger partial charge in [-0.2, -0.15) is 13.2 Å². The fourth-order valence-corrected chi connectivity index (χ4v) is 5.52. The van der Waals surface area contributed by atoms with Crippen molar-refractivity contribution in [1.82, 2.24) is 30.0 Å². The maximum absolute atomic E-state index is 12.9. The molecule has 4 heterocycles. The van der Waals surface area contributed by atoms with Crippen molar-refractivity contribution < 1.29 is 22.4 Å². The molecule has 2 aliphatic heterocycles. The van der Waals surface area contributed by atoms with E-state index in [1.807, 2.05) is 6.92 Å². The zero-order valence-electron chi connectivity index (χ0n) is 21.9. The van der Waals surface area contributed by atoms with E-state index in [1.165, 1.54) is 12.1 Å². The fourth-order valence-electron chi connectivity index (χ4n) is 5.52. The van der Waals surface area contributed by atoms with Crippen molar-refractivity contribution in [2.75, 3.05) is 43.4 Å². The minimum absolute atomic E-state index is 0.0229. The normalized spacial score (nSPS) is 19.5. The molecule has 0 radical (unpaired) electrons. The first-order chi connectivity index (χ1) is 18.6. The summed E-state index contributed by atoms with van der Waals surface area (Å²) >= 11 is 0. The smallest absolute Gasteiger partial charge is 0.402 e. The van der Waals surface area contributed by atoms with Gasteiger partial charge in [0.2, 0.25) is 0 Å². The lowest BCUT2D eigenvalue weighted by Crippen LogP contribution is -2.58. The first-order valence-corrected chi connectivity index (χ1v) is 13.0. The molecule has 10 nitrogen and oxygen atoms in total. The monoisotopic (exact) mass is 544 g/mol. The molecule has 39 heavy (non-hydrogen) atoms. The van der Waals surface area contributed by atoms with E-state index < -0.39 is 11.7 Å². The van der Waals surface area contributed by atoms with Gasteiger partial charge in [0.15, 0.2) is 0 Å². The van der Waals surface area contributed by atoms with Crippen LogP contribution in [0.3, 0.4) is 0 Å². The number of carbonyl (C=O) groups excluding carboxylic acids is 1. The number of nitrogen functional groups attached to an aromatic ring is 1. The molecular formula is C26H31F3N8O2. The number of nitrogens with zero attached hydrogens (tertiary/aromatic N) is 7. The second-order valence-corrected chi connectivity index (χ2v) is 9.95. The Bertz CT molecular complexity index is 1310. The van der Waals surface area contributed by atoms with Gasteiger partial charge in [0.25, 0.3) is 11.8 Å². The predicted octanol–water partition coefficient (Wildman–Crippen LogP) is 3.64. The van der Waals surface area contributed by atoms with Gasteiger partial charge in [-0.05, 0) is 50.5 Å². The average Bonchev–Trinajstić information content (AvgIpc) is 3.38. The van der Waals surface area contributed by atoms with E-state index in [0.717, 1.165) is 62.5 Å². The number of aromatic nitrogens is 4. The predicted molar refractivity (Wildman–Crippen MR) is 138 cm³/mol. The summed E-state index contributed by atoms with van der Waals surface area (Å²) in [5, 5.41) is 7.54. The zero-order valence-corrected chi connectivity index (χ0v) is 21.9. The van der Waals surface area contributed by atoms with E-state index in [0.29, 0.717) is 30.9 Å². The van der Waals surface area contributed by atoms with Crippen LogP contribution in [0.1, 0.15) is 47.8 Å². The van der Waals surface area contributed by atoms with Crippen LogP contribution in [0.25, 0.3) is 11.6 Å². The van der Waals surface area contributed by atoms with Crippen LogP contribution in [0.5, 0.6) is 0 Å². The Hall–Kier alpha value is -3.74. The summed E-state index contributed by atoms with van der Waals surface area (Å²) < 4.78 is 43.8. The van der Waals surface area contributed by atoms with Crippen LogP contribution in [0.15, 0.2) is 34.9 Å². The highest BCUT2D eigenvalue weighted by Gasteiger charge is 2.35. The molecule has 3 aromatic rings. The quantitative estimate of drug-likeness (QED) is 0.514. The van der Waals surface area contributed by atoms with Gasteiger partial charge >= 0.3 is 12.2 Å². The van der Waals surface area contributed by atoms with Crippen LogP contribution in [0.2, 0.25) is 0 Å². The van der Waals surface area contributed by atoms with Gasteiger partial charge in [0.05, 0.1) is 17.5 Å². The van der Waals surface area contributed by atoms with Crippen molar-refractivity contribution in [3.8, 4) is 11.6 Å². The minimum Gasteiger partial charge on any atom is -0.402 e. The van der Waals surface area contributed by atoms with Crippen LogP contribution in [0, 0.1) is 6.92 Å². The number of amides is 1. The number of piperidine rings is 1. The van der Waals surface area contributed by atoms with Crippen molar-refractivity contribution >= 4 is 17.7 Å². The van der Waals surface area contributed by atoms with Gasteiger partial charge in [-0.25, -0.2) is 9.97 Å². The van der Waals surface area contributed by atoms with E-state index in [-0.39, 0.29) is 23.4 Å². The molecule has 13 heteroatoms. The average molecular weight is 545 g/mol. The number of anilines is 2. The van der Waals surface area contributed by atoms with Crippen molar-refractivity contribution in [1.29, 1.82) is 0 Å². The molecule has 0 aliphatic carbocycles. The lowest BCUT2D eigenvalue weighted by atomic mass is 9.97. The number of carbonyl (C=O) groups is 1. The van der Waals surface area contributed by atoms with Crippen molar-refractivity contribution in [3.05, 3.63) is 47.3 Å². The summed E-state index contributed by atoms with van der Waals surface area (Å²) in [6.07, 6.45) is -0.189. The van der Waals surface area contributed by atoms with Crippen molar-refractivity contribution in [2.45, 2.75) is 51.4 Å². The molecule has 2 N–H and O–H groups in total. The third kappa shape index (κ3) is 5.68. The molecule has 2 fully saturated rings. The molecule has 2 saturated heterocycles. The molecule has 0 saturated carbocycles. The molecule has 5 rings (SSSR count). The van der Waals surface area contributed by atoms with Gasteiger partial charge < -0.3 is 20.0 Å². The second-order valence-electron chi connectivity index (χ2n) is 9.95. The number of halogens is 3. The molecule has 1 atom stereocenters. The van der Waals surface area contributed by atoms with Crippen LogP contribution < -0.4 is 10.6 Å². The zero-order chi connectivity index (χ0) is 27.7. The fraction of sp³-hybridized carbons (Fsp3) is 0.500. The van der Waals surface area contributed by atoms with E-state index >= 15 is 0 Å². The Labute approximate surface area is 224 Å². The number of rotatable bonds is 5. The molecule has 2 aromatic heterocycles. The third-order valence-electron chi connectivity index (χ3n) is 7.56. The number of likely N-dealkylation sites (tertiary alicyclic amines) is 1. The molecule has 208 valence electrons. The number of nitrogens with two attached hydrogens (primary N) is 1. The molecular weight excluding hydrogens is 513 g/mol. The highest BCUT2D eigenvalue weighted by atomic mass is 19.4. The topological polar surface area (TPSA) is 118 Å². The molecule has 0 bridgehead atoms. The molecule has 0 unspecified atom stereocenters. The van der Waals surface area contributed by atoms with Gasteiger partial charge in [-0.1, -0.05) is 12.0 Å². The molecule has 1 amide bonds. The number of hydrogen-bond acceptors (Lipinski definition) is 9. The van der Waals surface area contributed by atoms with Gasteiger partial charge in [0, 0.05) is 50.4 Å². The highest BCUT2D eigenvalue weighted by molar-refractivity contribution is 5.94. The summed E-state index contributed by atoms with van der Waals surface area (Å²) in [4.78, 5) is 28.7. The second kappa shape index (κ2) is 10.8. The maximum Gasteiger partial charge on any atom is 0.416 e. The summed E-state index contributed by atoms with van der Waals surface area (Å²) in [5.74, 6) is 0.829. The number of benzene rings is 1. The first-order valence-electron chi connectivity index (χ1n) is 13.0. The number of piperazine rings is 1. The lowest BCUT2D eigenvalue weighted by Gasteiger charge is -2.47. The summed E-state index contributed by atoms with van der Waals surface area (Å²) in [7, 11) is 0. The Morgan fingerprint density at radius 2 is 1.82 bits per heavy atom. The number of aryl methyl sites for hydroxylation is 1. The molecule has 2 aliphatic rings.